The number of aliphatic carboxylic acids is 1. The molecule has 0 spiro atoms. The summed E-state index contributed by atoms with van der Waals surface area (Å²) in [6.07, 6.45) is 3.69. The fourth-order valence-corrected chi connectivity index (χ4v) is 2.59. The van der Waals surface area contributed by atoms with Gasteiger partial charge in [-0.05, 0) is 31.0 Å². The van der Waals surface area contributed by atoms with Gasteiger partial charge < -0.3 is 15.3 Å². The van der Waals surface area contributed by atoms with E-state index in [1.165, 1.54) is 4.90 Å². The lowest BCUT2D eigenvalue weighted by Crippen LogP contribution is -2.44. The van der Waals surface area contributed by atoms with Gasteiger partial charge in [0.15, 0.2) is 0 Å². The molecule has 0 unspecified atom stereocenters. The van der Waals surface area contributed by atoms with Gasteiger partial charge in [0.1, 0.15) is 6.54 Å². The average Bonchev–Trinajstić information content (AvgIpc) is 2.98. The number of nitrogens with one attached hydrogen (secondary N) is 1. The Kier molecular flexibility index (Phi) is 4.77. The van der Waals surface area contributed by atoms with Gasteiger partial charge in [0.05, 0.1) is 11.6 Å². The molecule has 110 valence electrons. The summed E-state index contributed by atoms with van der Waals surface area (Å²) < 4.78 is 0. The van der Waals surface area contributed by atoms with E-state index in [2.05, 4.69) is 5.32 Å². The highest BCUT2D eigenvalue weighted by Crippen LogP contribution is 2.24. The number of carboxylic acids is 1. The SMILES string of the molecule is N#Cc1cccc(NC(=O)N(CC(=O)O)C2CCCC2)c1. The molecule has 2 N–H and O–H groups in total. The van der Waals surface area contributed by atoms with E-state index in [4.69, 9.17) is 10.4 Å². The van der Waals surface area contributed by atoms with Crippen molar-refractivity contribution in [1.29, 1.82) is 5.26 Å². The van der Waals surface area contributed by atoms with Crippen LogP contribution < -0.4 is 5.32 Å². The molecule has 1 aromatic rings. The molecule has 2 rings (SSSR count). The molecule has 2 amide bonds. The Bertz CT molecular complexity index is 574. The predicted molar refractivity (Wildman–Crippen MR) is 76.8 cm³/mol. The fraction of sp³-hybridized carbons (Fsp3) is 0.400. The molecule has 1 aliphatic carbocycles. The Labute approximate surface area is 123 Å². The maximum Gasteiger partial charge on any atom is 0.323 e. The summed E-state index contributed by atoms with van der Waals surface area (Å²) in [5.41, 5.74) is 0.936. The van der Waals surface area contributed by atoms with Gasteiger partial charge in [-0.3, -0.25) is 4.79 Å². The van der Waals surface area contributed by atoms with E-state index >= 15 is 0 Å². The van der Waals surface area contributed by atoms with Crippen molar-refractivity contribution in [2.45, 2.75) is 31.7 Å². The normalized spacial score (nSPS) is 14.4. The van der Waals surface area contributed by atoms with E-state index in [1.54, 1.807) is 24.3 Å². The minimum Gasteiger partial charge on any atom is -0.480 e. The number of carbonyl (C=O) groups excluding carboxylic acids is 1. The number of nitriles is 1. The second kappa shape index (κ2) is 6.75. The molecule has 0 atom stereocenters. The predicted octanol–water partition coefficient (Wildman–Crippen LogP) is 2.42. The third-order valence-electron chi connectivity index (χ3n) is 3.57. The van der Waals surface area contributed by atoms with Gasteiger partial charge in [-0.2, -0.15) is 5.26 Å². The first-order valence-electron chi connectivity index (χ1n) is 6.89. The van der Waals surface area contributed by atoms with Crippen molar-refractivity contribution < 1.29 is 14.7 Å². The van der Waals surface area contributed by atoms with Gasteiger partial charge in [0.25, 0.3) is 0 Å². The Hall–Kier alpha value is -2.55. The quantitative estimate of drug-likeness (QED) is 0.889. The van der Waals surface area contributed by atoms with Crippen LogP contribution >= 0.6 is 0 Å². The van der Waals surface area contributed by atoms with Crippen LogP contribution in [0.25, 0.3) is 0 Å². The number of rotatable bonds is 4. The molecule has 6 heteroatoms. The largest absolute Gasteiger partial charge is 0.480 e. The van der Waals surface area contributed by atoms with Crippen molar-refractivity contribution in [3.63, 3.8) is 0 Å². The highest BCUT2D eigenvalue weighted by Gasteiger charge is 2.28. The van der Waals surface area contributed by atoms with Gasteiger partial charge in [-0.1, -0.05) is 18.9 Å². The third-order valence-corrected chi connectivity index (χ3v) is 3.57. The van der Waals surface area contributed by atoms with Crippen LogP contribution in [0.5, 0.6) is 0 Å². The number of benzene rings is 1. The average molecular weight is 287 g/mol. The lowest BCUT2D eigenvalue weighted by molar-refractivity contribution is -0.138. The number of hydrogen-bond acceptors (Lipinski definition) is 3. The van der Waals surface area contributed by atoms with Crippen molar-refractivity contribution in [3.8, 4) is 6.07 Å². The molecule has 0 bridgehead atoms. The van der Waals surface area contributed by atoms with Gasteiger partial charge in [0.2, 0.25) is 0 Å². The summed E-state index contributed by atoms with van der Waals surface area (Å²) in [6.45, 7) is -0.311. The zero-order valence-corrected chi connectivity index (χ0v) is 11.6. The maximum absolute atomic E-state index is 12.3. The maximum atomic E-state index is 12.3. The van der Waals surface area contributed by atoms with E-state index in [-0.39, 0.29) is 12.6 Å². The topological polar surface area (TPSA) is 93.4 Å². The number of nitrogens with zero attached hydrogens (tertiary/aromatic N) is 2. The van der Waals surface area contributed by atoms with Crippen LogP contribution in [0.1, 0.15) is 31.2 Å². The monoisotopic (exact) mass is 287 g/mol. The molecule has 1 aliphatic rings. The summed E-state index contributed by atoms with van der Waals surface area (Å²) >= 11 is 0. The van der Waals surface area contributed by atoms with Crippen LogP contribution in [0.15, 0.2) is 24.3 Å². The zero-order chi connectivity index (χ0) is 15.2. The lowest BCUT2D eigenvalue weighted by atomic mass is 10.2. The zero-order valence-electron chi connectivity index (χ0n) is 11.6. The Morgan fingerprint density at radius 3 is 2.71 bits per heavy atom. The number of amides is 2. The molecule has 0 heterocycles. The van der Waals surface area contributed by atoms with E-state index in [0.717, 1.165) is 25.7 Å². The number of anilines is 1. The summed E-state index contributed by atoms with van der Waals surface area (Å²) in [5.74, 6) is -1.03. The van der Waals surface area contributed by atoms with Gasteiger partial charge >= 0.3 is 12.0 Å². The minimum atomic E-state index is -1.03. The number of carbonyl (C=O) groups is 2. The molecule has 0 saturated heterocycles. The van der Waals surface area contributed by atoms with E-state index in [1.807, 2.05) is 6.07 Å². The summed E-state index contributed by atoms with van der Waals surface area (Å²) in [7, 11) is 0. The standard InChI is InChI=1S/C15H17N3O3/c16-9-11-4-3-5-12(8-11)17-15(21)18(10-14(19)20)13-6-1-2-7-13/h3-5,8,13H,1-2,6-7,10H2,(H,17,21)(H,19,20). The van der Waals surface area contributed by atoms with Crippen LogP contribution in [0, 0.1) is 11.3 Å². The molecular weight excluding hydrogens is 270 g/mol. The van der Waals surface area contributed by atoms with Gasteiger partial charge in [-0.15, -0.1) is 0 Å². The number of carboxylic acid groups (broad SMARTS) is 1. The molecule has 1 aromatic carbocycles. The first-order valence-corrected chi connectivity index (χ1v) is 6.89. The Morgan fingerprint density at radius 2 is 2.10 bits per heavy atom. The highest BCUT2D eigenvalue weighted by atomic mass is 16.4. The van der Waals surface area contributed by atoms with Crippen molar-refractivity contribution in [2.75, 3.05) is 11.9 Å². The van der Waals surface area contributed by atoms with Gasteiger partial charge in [-0.25, -0.2) is 4.79 Å². The van der Waals surface area contributed by atoms with Crippen LogP contribution in [0.4, 0.5) is 10.5 Å². The molecule has 0 aromatic heterocycles. The van der Waals surface area contributed by atoms with Crippen molar-refractivity contribution in [1.82, 2.24) is 4.90 Å². The summed E-state index contributed by atoms with van der Waals surface area (Å²) in [4.78, 5) is 24.6. The molecule has 0 radical (unpaired) electrons. The summed E-state index contributed by atoms with van der Waals surface area (Å²) in [6, 6.07) is 8.09. The number of urea groups is 1. The van der Waals surface area contributed by atoms with Crippen molar-refractivity contribution in [2.24, 2.45) is 0 Å². The fourth-order valence-electron chi connectivity index (χ4n) is 2.59. The van der Waals surface area contributed by atoms with E-state index < -0.39 is 12.0 Å². The first-order chi connectivity index (χ1) is 10.1. The Balaban J connectivity index is 2.10. The van der Waals surface area contributed by atoms with Crippen molar-refractivity contribution >= 4 is 17.7 Å². The van der Waals surface area contributed by atoms with Crippen molar-refractivity contribution in [3.05, 3.63) is 29.8 Å². The van der Waals surface area contributed by atoms with Crippen LogP contribution in [-0.4, -0.2) is 34.6 Å². The minimum absolute atomic E-state index is 0.0275. The second-order valence-corrected chi connectivity index (χ2v) is 5.08. The number of hydrogen-bond donors (Lipinski definition) is 2. The van der Waals surface area contributed by atoms with Crippen LogP contribution in [-0.2, 0) is 4.79 Å². The molecular formula is C15H17N3O3. The molecule has 1 saturated carbocycles. The Morgan fingerprint density at radius 1 is 1.38 bits per heavy atom. The molecule has 6 nitrogen and oxygen atoms in total. The summed E-state index contributed by atoms with van der Waals surface area (Å²) in [5, 5.41) is 20.5. The van der Waals surface area contributed by atoms with E-state index in [0.29, 0.717) is 11.3 Å². The highest BCUT2D eigenvalue weighted by molar-refractivity contribution is 5.91. The molecule has 1 fully saturated rings. The van der Waals surface area contributed by atoms with Crippen LogP contribution in [0.2, 0.25) is 0 Å². The van der Waals surface area contributed by atoms with Gasteiger partial charge in [0, 0.05) is 11.7 Å². The smallest absolute Gasteiger partial charge is 0.323 e. The van der Waals surface area contributed by atoms with E-state index in [9.17, 15) is 9.59 Å². The third kappa shape index (κ3) is 3.96. The molecule has 21 heavy (non-hydrogen) atoms. The second-order valence-electron chi connectivity index (χ2n) is 5.08. The first kappa shape index (κ1) is 14.9. The van der Waals surface area contributed by atoms with Crippen LogP contribution in [0.3, 0.4) is 0 Å². The molecule has 0 aliphatic heterocycles. The lowest BCUT2D eigenvalue weighted by Gasteiger charge is -2.27.